The number of halogens is 2. The van der Waals surface area contributed by atoms with Crippen LogP contribution in [0.3, 0.4) is 0 Å². The summed E-state index contributed by atoms with van der Waals surface area (Å²) >= 11 is 11.1. The minimum atomic E-state index is -3.70. The van der Waals surface area contributed by atoms with E-state index < -0.39 is 10.0 Å². The van der Waals surface area contributed by atoms with E-state index in [9.17, 15) is 8.42 Å². The molecule has 3 aromatic rings. The minimum absolute atomic E-state index is 0.0946. The molecule has 6 nitrogen and oxygen atoms in total. The first-order valence-corrected chi connectivity index (χ1v) is 12.7. The Morgan fingerprint density at radius 2 is 1.90 bits per heavy atom. The second-order valence-corrected chi connectivity index (χ2v) is 10.8. The lowest BCUT2D eigenvalue weighted by atomic mass is 10.2. The molecule has 1 aliphatic heterocycles. The van der Waals surface area contributed by atoms with Crippen LogP contribution in [-0.2, 0) is 10.0 Å². The van der Waals surface area contributed by atoms with Gasteiger partial charge < -0.3 is 9.64 Å². The minimum Gasteiger partial charge on any atom is -0.495 e. The molecule has 0 radical (unpaired) electrons. The highest BCUT2D eigenvalue weighted by molar-refractivity contribution is 9.10. The van der Waals surface area contributed by atoms with Gasteiger partial charge in [0.15, 0.2) is 5.13 Å². The number of thiazole rings is 1. The predicted octanol–water partition coefficient (Wildman–Crippen LogP) is 4.75. The number of benzene rings is 2. The Labute approximate surface area is 193 Å². The Balaban J connectivity index is 1.49. The van der Waals surface area contributed by atoms with Crippen LogP contribution in [0.4, 0.5) is 5.13 Å². The van der Waals surface area contributed by atoms with Crippen LogP contribution in [0.5, 0.6) is 5.75 Å². The lowest BCUT2D eigenvalue weighted by Crippen LogP contribution is -2.48. The number of nitrogens with zero attached hydrogens (tertiary/aromatic N) is 3. The molecule has 1 saturated heterocycles. The van der Waals surface area contributed by atoms with Crippen molar-refractivity contribution in [3.05, 3.63) is 57.3 Å². The molecule has 0 N–H and O–H groups in total. The van der Waals surface area contributed by atoms with E-state index in [1.165, 1.54) is 17.5 Å². The molecule has 0 saturated carbocycles. The van der Waals surface area contributed by atoms with E-state index in [2.05, 4.69) is 20.8 Å². The number of methoxy groups -OCH3 is 1. The van der Waals surface area contributed by atoms with Gasteiger partial charge in [-0.25, -0.2) is 13.4 Å². The summed E-state index contributed by atoms with van der Waals surface area (Å²) in [6.07, 6.45) is 0. The maximum absolute atomic E-state index is 13.1. The number of hydrogen-bond donors (Lipinski definition) is 0. The first kappa shape index (κ1) is 21.6. The summed E-state index contributed by atoms with van der Waals surface area (Å²) < 4.78 is 34.0. The van der Waals surface area contributed by atoms with Gasteiger partial charge in [-0.1, -0.05) is 39.7 Å². The third-order valence-electron chi connectivity index (χ3n) is 4.87. The third-order valence-corrected chi connectivity index (χ3v) is 8.41. The van der Waals surface area contributed by atoms with Crippen LogP contribution in [0, 0.1) is 0 Å². The molecule has 1 fully saturated rings. The van der Waals surface area contributed by atoms with Crippen molar-refractivity contribution in [2.45, 2.75) is 4.90 Å². The van der Waals surface area contributed by atoms with Gasteiger partial charge in [0.2, 0.25) is 10.0 Å². The van der Waals surface area contributed by atoms with Gasteiger partial charge in [0.1, 0.15) is 10.6 Å². The maximum atomic E-state index is 13.1. The molecular weight excluding hydrogens is 510 g/mol. The summed E-state index contributed by atoms with van der Waals surface area (Å²) in [5, 5.41) is 3.27. The second kappa shape index (κ2) is 8.84. The number of hydrogen-bond acceptors (Lipinski definition) is 6. The Morgan fingerprint density at radius 3 is 2.60 bits per heavy atom. The van der Waals surface area contributed by atoms with E-state index >= 15 is 0 Å². The summed E-state index contributed by atoms with van der Waals surface area (Å²) in [5.41, 5.74) is 1.95. The van der Waals surface area contributed by atoms with Crippen molar-refractivity contribution in [2.75, 3.05) is 38.2 Å². The van der Waals surface area contributed by atoms with E-state index in [0.29, 0.717) is 37.0 Å². The number of anilines is 1. The number of sulfonamides is 1. The zero-order chi connectivity index (χ0) is 21.3. The van der Waals surface area contributed by atoms with Crippen LogP contribution >= 0.6 is 38.9 Å². The van der Waals surface area contributed by atoms with Crippen molar-refractivity contribution in [1.82, 2.24) is 9.29 Å². The standard InChI is InChI=1S/C20H19BrClN3O3S2/c1-28-18-6-5-16(22)12-19(18)30(26,27)25-9-7-24(8-10-25)20-23-17(13-29-20)14-3-2-4-15(21)11-14/h2-6,11-13H,7-10H2,1H3. The number of aromatic nitrogens is 1. The van der Waals surface area contributed by atoms with Gasteiger partial charge in [0, 0.05) is 46.6 Å². The Morgan fingerprint density at radius 1 is 1.13 bits per heavy atom. The molecule has 0 spiro atoms. The van der Waals surface area contributed by atoms with Crippen LogP contribution in [0.1, 0.15) is 0 Å². The molecule has 1 aliphatic rings. The summed E-state index contributed by atoms with van der Waals surface area (Å²) in [7, 11) is -2.25. The van der Waals surface area contributed by atoms with Gasteiger partial charge in [-0.15, -0.1) is 11.3 Å². The van der Waals surface area contributed by atoms with Crippen molar-refractivity contribution in [1.29, 1.82) is 0 Å². The number of ether oxygens (including phenoxy) is 1. The highest BCUT2D eigenvalue weighted by Crippen LogP contribution is 2.32. The molecule has 4 rings (SSSR count). The van der Waals surface area contributed by atoms with Crippen LogP contribution in [0.25, 0.3) is 11.3 Å². The smallest absolute Gasteiger partial charge is 0.246 e. The van der Waals surface area contributed by atoms with Crippen LogP contribution in [-0.4, -0.2) is 51.0 Å². The summed E-state index contributed by atoms with van der Waals surface area (Å²) in [4.78, 5) is 6.96. The Kier molecular flexibility index (Phi) is 6.36. The molecule has 10 heteroatoms. The topological polar surface area (TPSA) is 62.7 Å². The third kappa shape index (κ3) is 4.36. The highest BCUT2D eigenvalue weighted by Gasteiger charge is 2.31. The number of rotatable bonds is 5. The molecule has 30 heavy (non-hydrogen) atoms. The lowest BCUT2D eigenvalue weighted by Gasteiger charge is -2.34. The fourth-order valence-corrected chi connectivity index (χ4v) is 6.43. The average molecular weight is 529 g/mol. The molecule has 1 aromatic heterocycles. The van der Waals surface area contributed by atoms with Gasteiger partial charge >= 0.3 is 0 Å². The summed E-state index contributed by atoms with van der Waals surface area (Å²) in [5.74, 6) is 0.292. The van der Waals surface area contributed by atoms with Crippen molar-refractivity contribution in [3.63, 3.8) is 0 Å². The maximum Gasteiger partial charge on any atom is 0.246 e. The first-order valence-electron chi connectivity index (χ1n) is 9.18. The zero-order valence-corrected chi connectivity index (χ0v) is 20.1. The molecule has 0 unspecified atom stereocenters. The van der Waals surface area contributed by atoms with Gasteiger partial charge in [-0.05, 0) is 30.3 Å². The van der Waals surface area contributed by atoms with Crippen molar-refractivity contribution in [2.24, 2.45) is 0 Å². The van der Waals surface area contributed by atoms with Gasteiger partial charge in [0.05, 0.1) is 12.8 Å². The largest absolute Gasteiger partial charge is 0.495 e. The molecule has 2 aromatic carbocycles. The second-order valence-electron chi connectivity index (χ2n) is 6.71. The van der Waals surface area contributed by atoms with Crippen molar-refractivity contribution < 1.29 is 13.2 Å². The fraction of sp³-hybridized carbons (Fsp3) is 0.250. The van der Waals surface area contributed by atoms with Crippen LogP contribution < -0.4 is 9.64 Å². The van der Waals surface area contributed by atoms with Crippen molar-refractivity contribution in [3.8, 4) is 17.0 Å². The predicted molar refractivity (Wildman–Crippen MR) is 124 cm³/mol. The molecule has 0 atom stereocenters. The van der Waals surface area contributed by atoms with Gasteiger partial charge in [-0.3, -0.25) is 0 Å². The SMILES string of the molecule is COc1ccc(Cl)cc1S(=O)(=O)N1CCN(c2nc(-c3cccc(Br)c3)cs2)CC1. The van der Waals surface area contributed by atoms with Gasteiger partial charge in [-0.2, -0.15) is 4.31 Å². The Hall–Kier alpha value is -1.65. The van der Waals surface area contributed by atoms with Crippen molar-refractivity contribution >= 4 is 54.0 Å². The summed E-state index contributed by atoms with van der Waals surface area (Å²) in [6.45, 7) is 1.86. The van der Waals surface area contributed by atoms with E-state index in [-0.39, 0.29) is 4.90 Å². The van der Waals surface area contributed by atoms with Crippen LogP contribution in [0.2, 0.25) is 5.02 Å². The lowest BCUT2D eigenvalue weighted by molar-refractivity contribution is 0.374. The monoisotopic (exact) mass is 527 g/mol. The molecule has 158 valence electrons. The average Bonchev–Trinajstić information content (AvgIpc) is 3.24. The van der Waals surface area contributed by atoms with E-state index in [1.54, 1.807) is 23.5 Å². The van der Waals surface area contributed by atoms with E-state index in [0.717, 1.165) is 20.9 Å². The first-order chi connectivity index (χ1) is 14.4. The molecule has 2 heterocycles. The Bertz CT molecular complexity index is 1160. The number of piperazine rings is 1. The van der Waals surface area contributed by atoms with Crippen LogP contribution in [0.15, 0.2) is 57.2 Å². The molecule has 0 aliphatic carbocycles. The normalized spacial score (nSPS) is 15.4. The molecule has 0 amide bonds. The quantitative estimate of drug-likeness (QED) is 0.478. The fourth-order valence-electron chi connectivity index (χ4n) is 3.30. The molecule has 0 bridgehead atoms. The molecular formula is C20H19BrClN3O3S2. The van der Waals surface area contributed by atoms with E-state index in [4.69, 9.17) is 21.3 Å². The van der Waals surface area contributed by atoms with Gasteiger partial charge in [0.25, 0.3) is 0 Å². The van der Waals surface area contributed by atoms with E-state index in [1.807, 2.05) is 29.6 Å². The summed E-state index contributed by atoms with van der Waals surface area (Å²) in [6, 6.07) is 12.6. The highest BCUT2D eigenvalue weighted by atomic mass is 79.9. The zero-order valence-electron chi connectivity index (χ0n) is 16.1.